The molecule has 3 heterocycles. The van der Waals surface area contributed by atoms with Gasteiger partial charge in [-0.15, -0.1) is 11.3 Å². The molecule has 0 bridgehead atoms. The number of carbonyl (C=O) groups excluding carboxylic acids is 1. The highest BCUT2D eigenvalue weighted by molar-refractivity contribution is 7.80. The number of nitrogens with zero attached hydrogens (tertiary/aromatic N) is 2. The average molecular weight is 380 g/mol. The zero-order chi connectivity index (χ0) is 16.9. The molecule has 0 saturated carbocycles. The third-order valence-electron chi connectivity index (χ3n) is 3.42. The van der Waals surface area contributed by atoms with Crippen molar-refractivity contribution in [2.45, 2.75) is 13.3 Å². The third kappa shape index (κ3) is 3.89. The normalized spacial score (nSPS) is 16.2. The maximum atomic E-state index is 12.5. The van der Waals surface area contributed by atoms with Crippen molar-refractivity contribution in [2.24, 2.45) is 0 Å². The van der Waals surface area contributed by atoms with Crippen LogP contribution in [0.25, 0.3) is 16.6 Å². The van der Waals surface area contributed by atoms with Crippen LogP contribution in [0, 0.1) is 0 Å². The van der Waals surface area contributed by atoms with E-state index in [-0.39, 0.29) is 5.91 Å². The van der Waals surface area contributed by atoms with Crippen LogP contribution in [0.5, 0.6) is 0 Å². The molecule has 1 aliphatic heterocycles. The molecule has 24 heavy (non-hydrogen) atoms. The van der Waals surface area contributed by atoms with Crippen LogP contribution < -0.4 is 5.32 Å². The lowest BCUT2D eigenvalue weighted by Crippen LogP contribution is -2.32. The van der Waals surface area contributed by atoms with E-state index in [0.29, 0.717) is 30.6 Å². The number of ether oxygens (including phenoxy) is 1. The Morgan fingerprint density at radius 2 is 2.33 bits per heavy atom. The number of hydrogen-bond acceptors (Lipinski definition) is 6. The summed E-state index contributed by atoms with van der Waals surface area (Å²) in [6.45, 7) is 3.81. The first-order valence-corrected chi connectivity index (χ1v) is 9.82. The predicted octanol–water partition coefficient (Wildman–Crippen LogP) is 3.36. The topological polar surface area (TPSA) is 54.5 Å². The minimum absolute atomic E-state index is 0.110. The number of rotatable bonds is 7. The van der Waals surface area contributed by atoms with Gasteiger partial charge < -0.3 is 10.1 Å². The highest BCUT2D eigenvalue weighted by Crippen LogP contribution is 2.26. The highest BCUT2D eigenvalue weighted by atomic mass is 32.1. The first kappa shape index (κ1) is 17.2. The molecule has 0 unspecified atom stereocenters. The summed E-state index contributed by atoms with van der Waals surface area (Å²) in [5.74, 6) is -0.110. The molecule has 126 valence electrons. The smallest absolute Gasteiger partial charge is 0.276 e. The Labute approximate surface area is 154 Å². The Bertz CT molecular complexity index is 752. The van der Waals surface area contributed by atoms with Gasteiger partial charge >= 0.3 is 0 Å². The summed E-state index contributed by atoms with van der Waals surface area (Å²) >= 11 is 8.46. The van der Waals surface area contributed by atoms with E-state index >= 15 is 0 Å². The molecule has 1 N–H and O–H groups in total. The van der Waals surface area contributed by atoms with Crippen molar-refractivity contribution in [3.8, 4) is 10.6 Å². The number of carbonyl (C=O) groups is 1. The first-order chi connectivity index (χ1) is 11.7. The van der Waals surface area contributed by atoms with E-state index in [2.05, 4.69) is 15.7 Å². The Morgan fingerprint density at radius 1 is 1.46 bits per heavy atom. The van der Waals surface area contributed by atoms with E-state index in [0.717, 1.165) is 22.7 Å². The molecule has 0 aliphatic carbocycles. The lowest BCUT2D eigenvalue weighted by molar-refractivity contribution is -0.122. The fourth-order valence-corrected chi connectivity index (χ4v) is 4.04. The molecule has 1 fully saturated rings. The van der Waals surface area contributed by atoms with Gasteiger partial charge in [-0.1, -0.05) is 0 Å². The van der Waals surface area contributed by atoms with Gasteiger partial charge in [0.05, 0.1) is 5.69 Å². The second kappa shape index (κ2) is 7.98. The molecule has 0 aromatic carbocycles. The number of aromatic nitrogens is 1. The van der Waals surface area contributed by atoms with Crippen LogP contribution >= 0.6 is 34.9 Å². The molecular formula is C16H17N3O2S3. The maximum absolute atomic E-state index is 12.5. The molecular weight excluding hydrogens is 362 g/mol. The Hall–Kier alpha value is -1.61. The molecule has 8 heteroatoms. The number of amides is 1. The molecule has 0 atom stereocenters. The van der Waals surface area contributed by atoms with Crippen LogP contribution in [0.4, 0.5) is 0 Å². The van der Waals surface area contributed by atoms with Gasteiger partial charge in [0, 0.05) is 36.1 Å². The number of thiophene rings is 1. The van der Waals surface area contributed by atoms with Crippen molar-refractivity contribution in [1.29, 1.82) is 0 Å². The van der Waals surface area contributed by atoms with Crippen LogP contribution in [-0.2, 0) is 9.53 Å². The number of nitrogens with one attached hydrogen (secondary N) is 1. The highest BCUT2D eigenvalue weighted by Gasteiger charge is 2.30. The monoisotopic (exact) mass is 379 g/mol. The van der Waals surface area contributed by atoms with E-state index < -0.39 is 0 Å². The average Bonchev–Trinajstić information content (AvgIpc) is 3.28. The number of hydrogen-bond donors (Lipinski definition) is 1. The van der Waals surface area contributed by atoms with Gasteiger partial charge in [0.15, 0.2) is 5.11 Å². The number of thiazole rings is 1. The molecule has 2 aromatic rings. The lowest BCUT2D eigenvalue weighted by atomic mass is 10.3. The summed E-state index contributed by atoms with van der Waals surface area (Å²) in [6, 6.07) is 2.04. The molecule has 2 aromatic heterocycles. The summed E-state index contributed by atoms with van der Waals surface area (Å²) in [5, 5.41) is 10.4. The van der Waals surface area contributed by atoms with E-state index in [1.807, 2.05) is 23.8 Å². The first-order valence-electron chi connectivity index (χ1n) is 7.59. The van der Waals surface area contributed by atoms with Crippen LogP contribution in [-0.4, -0.2) is 40.7 Å². The second-order valence-electron chi connectivity index (χ2n) is 5.08. The van der Waals surface area contributed by atoms with Crippen LogP contribution in [0.3, 0.4) is 0 Å². The fourth-order valence-electron chi connectivity index (χ4n) is 2.26. The molecule has 3 rings (SSSR count). The van der Waals surface area contributed by atoms with Crippen molar-refractivity contribution < 1.29 is 9.53 Å². The SMILES string of the molecule is CCOCCCN1C(=O)C(=Cc2csc(-c3ccsc3)n2)NC1=S. The maximum Gasteiger partial charge on any atom is 0.276 e. The van der Waals surface area contributed by atoms with Gasteiger partial charge in [-0.2, -0.15) is 11.3 Å². The second-order valence-corrected chi connectivity index (χ2v) is 7.11. The summed E-state index contributed by atoms with van der Waals surface area (Å²) < 4.78 is 5.30. The Balaban J connectivity index is 1.67. The minimum atomic E-state index is -0.110. The van der Waals surface area contributed by atoms with Gasteiger partial charge in [0.25, 0.3) is 5.91 Å². The van der Waals surface area contributed by atoms with Crippen molar-refractivity contribution in [3.05, 3.63) is 33.6 Å². The van der Waals surface area contributed by atoms with E-state index in [4.69, 9.17) is 17.0 Å². The Morgan fingerprint density at radius 3 is 3.08 bits per heavy atom. The van der Waals surface area contributed by atoms with E-state index in [1.54, 1.807) is 33.6 Å². The number of thiocarbonyl (C=S) groups is 1. The molecule has 0 spiro atoms. The molecule has 1 amide bonds. The van der Waals surface area contributed by atoms with Crippen molar-refractivity contribution >= 4 is 52.0 Å². The zero-order valence-electron chi connectivity index (χ0n) is 13.2. The van der Waals surface area contributed by atoms with Gasteiger partial charge in [-0.05, 0) is 43.1 Å². The summed E-state index contributed by atoms with van der Waals surface area (Å²) in [7, 11) is 0. The lowest BCUT2D eigenvalue weighted by Gasteiger charge is -2.13. The summed E-state index contributed by atoms with van der Waals surface area (Å²) in [6.07, 6.45) is 2.51. The Kier molecular flexibility index (Phi) is 5.72. The molecule has 1 saturated heterocycles. The van der Waals surface area contributed by atoms with Crippen LogP contribution in [0.1, 0.15) is 19.0 Å². The summed E-state index contributed by atoms with van der Waals surface area (Å²) in [4.78, 5) is 18.6. The molecule has 5 nitrogen and oxygen atoms in total. The van der Waals surface area contributed by atoms with Crippen molar-refractivity contribution in [1.82, 2.24) is 15.2 Å². The fraction of sp³-hybridized carbons (Fsp3) is 0.312. The van der Waals surface area contributed by atoms with E-state index in [1.165, 1.54) is 0 Å². The van der Waals surface area contributed by atoms with Gasteiger partial charge in [0.2, 0.25) is 0 Å². The minimum Gasteiger partial charge on any atom is -0.382 e. The third-order valence-corrected chi connectivity index (χ3v) is 5.33. The van der Waals surface area contributed by atoms with Gasteiger partial charge in [-0.3, -0.25) is 9.69 Å². The largest absolute Gasteiger partial charge is 0.382 e. The predicted molar refractivity (Wildman–Crippen MR) is 102 cm³/mol. The van der Waals surface area contributed by atoms with Crippen LogP contribution in [0.15, 0.2) is 27.9 Å². The van der Waals surface area contributed by atoms with Gasteiger partial charge in [0.1, 0.15) is 10.7 Å². The molecule has 0 radical (unpaired) electrons. The summed E-state index contributed by atoms with van der Waals surface area (Å²) in [5.41, 5.74) is 2.34. The van der Waals surface area contributed by atoms with Gasteiger partial charge in [-0.25, -0.2) is 4.98 Å². The van der Waals surface area contributed by atoms with E-state index in [9.17, 15) is 4.79 Å². The zero-order valence-corrected chi connectivity index (χ0v) is 15.6. The quantitative estimate of drug-likeness (QED) is 0.454. The van der Waals surface area contributed by atoms with Crippen LogP contribution in [0.2, 0.25) is 0 Å². The molecule has 1 aliphatic rings. The van der Waals surface area contributed by atoms with Crippen molar-refractivity contribution in [3.63, 3.8) is 0 Å². The standard InChI is InChI=1S/C16H17N3O2S3/c1-2-21-6-3-5-19-15(20)13(18-16(19)22)8-12-10-24-14(17-12)11-4-7-23-9-11/h4,7-10H,2-3,5-6H2,1H3,(H,18,22). The van der Waals surface area contributed by atoms with Crippen molar-refractivity contribution in [2.75, 3.05) is 19.8 Å².